The first kappa shape index (κ1) is 4.54. The minimum atomic E-state index is -1.67. The van der Waals surface area contributed by atoms with E-state index < -0.39 is 6.56 Å². The molecular weight excluding hydrogens is 140 g/mol. The monoisotopic (exact) mass is 150 g/mol. The molecule has 0 bridgehead atoms. The van der Waals surface area contributed by atoms with Crippen molar-refractivity contribution in [1.29, 1.82) is 0 Å². The van der Waals surface area contributed by atoms with Crippen molar-refractivity contribution in [3.8, 4) is 5.75 Å². The Bertz CT molecular complexity index is 361. The van der Waals surface area contributed by atoms with E-state index in [0.717, 1.165) is 6.29 Å². The van der Waals surface area contributed by atoms with Gasteiger partial charge in [0.15, 0.2) is 0 Å². The third kappa shape index (κ3) is 0.909. The molecule has 0 N–H and O–H groups in total. The second-order valence-corrected chi connectivity index (χ2v) is 2.36. The summed E-state index contributed by atoms with van der Waals surface area (Å²) in [6.45, 7) is -1.67. The van der Waals surface area contributed by atoms with Gasteiger partial charge in [0.2, 0.25) is 0 Å². The summed E-state index contributed by atoms with van der Waals surface area (Å²) in [6.07, 6.45) is 0.876. The zero-order chi connectivity index (χ0) is 9.47. The van der Waals surface area contributed by atoms with Gasteiger partial charge in [0.05, 0.1) is 9.30 Å². The highest BCUT2D eigenvalue weighted by atomic mass is 16.5. The molecule has 0 aliphatic carbocycles. The highest BCUT2D eigenvalue weighted by Gasteiger charge is 2.14. The van der Waals surface area contributed by atoms with Gasteiger partial charge < -0.3 is 4.74 Å². The highest BCUT2D eigenvalue weighted by Crippen LogP contribution is 2.26. The maximum absolute atomic E-state index is 10.6. The normalized spacial score (nSPS) is 21.1. The average Bonchev–Trinajstić information content (AvgIpc) is 2.37. The first-order valence-electron chi connectivity index (χ1n) is 4.38. The van der Waals surface area contributed by atoms with Crippen LogP contribution in [-0.4, -0.2) is 12.8 Å². The molecular formula is C9H8O2. The summed E-state index contributed by atoms with van der Waals surface area (Å²) in [7, 11) is 0. The van der Waals surface area contributed by atoms with Gasteiger partial charge in [-0.05, 0) is 6.07 Å². The summed E-state index contributed by atoms with van der Waals surface area (Å²) in [5.74, 6) is 0.481. The van der Waals surface area contributed by atoms with Crippen LogP contribution in [0.3, 0.4) is 0 Å². The molecule has 0 saturated carbocycles. The second kappa shape index (κ2) is 2.38. The summed E-state index contributed by atoms with van der Waals surface area (Å²) >= 11 is 0. The zero-order valence-electron chi connectivity index (χ0n) is 7.83. The van der Waals surface area contributed by atoms with Gasteiger partial charge in [0, 0.05) is 17.5 Å². The smallest absolute Gasteiger partial charge is 0.150 e. The predicted molar refractivity (Wildman–Crippen MR) is 41.0 cm³/mol. The van der Waals surface area contributed by atoms with Crippen LogP contribution in [0.5, 0.6) is 5.75 Å². The molecule has 1 aliphatic heterocycles. The van der Waals surface area contributed by atoms with Crippen LogP contribution >= 0.6 is 0 Å². The molecule has 0 fully saturated rings. The molecule has 1 aliphatic rings. The van der Waals surface area contributed by atoms with Gasteiger partial charge in [0.1, 0.15) is 12.0 Å². The number of ether oxygens (including phenoxy) is 1. The Morgan fingerprint density at radius 3 is 3.36 bits per heavy atom. The first-order chi connectivity index (χ1) is 6.12. The van der Waals surface area contributed by atoms with E-state index in [2.05, 4.69) is 0 Å². The summed E-state index contributed by atoms with van der Waals surface area (Å²) in [6, 6.07) is 5.02. The van der Waals surface area contributed by atoms with E-state index in [9.17, 15) is 4.79 Å². The van der Waals surface area contributed by atoms with Gasteiger partial charge in [-0.25, -0.2) is 0 Å². The molecule has 2 rings (SSSR count). The Balaban J connectivity index is 2.51. The van der Waals surface area contributed by atoms with E-state index in [1.54, 1.807) is 18.2 Å². The lowest BCUT2D eigenvalue weighted by molar-refractivity contribution is 0.112. The molecule has 1 aromatic rings. The minimum Gasteiger partial charge on any atom is -0.493 e. The van der Waals surface area contributed by atoms with E-state index in [4.69, 9.17) is 7.48 Å². The van der Waals surface area contributed by atoms with Crippen molar-refractivity contribution in [2.24, 2.45) is 0 Å². The Kier molecular flexibility index (Phi) is 0.984. The summed E-state index contributed by atoms with van der Waals surface area (Å²) in [4.78, 5) is 10.6. The molecule has 2 nitrogen and oxygen atoms in total. The lowest BCUT2D eigenvalue weighted by Crippen LogP contribution is -1.87. The van der Waals surface area contributed by atoms with Crippen molar-refractivity contribution in [2.75, 3.05) is 6.56 Å². The second-order valence-electron chi connectivity index (χ2n) is 2.36. The third-order valence-corrected chi connectivity index (χ3v) is 1.73. The fraction of sp³-hybridized carbons (Fsp3) is 0.222. The van der Waals surface area contributed by atoms with Gasteiger partial charge in [-0.3, -0.25) is 4.79 Å². The Hall–Kier alpha value is -1.31. The summed E-state index contributed by atoms with van der Waals surface area (Å²) in [5, 5.41) is 0. The molecule has 2 heteroatoms. The van der Waals surface area contributed by atoms with Gasteiger partial charge >= 0.3 is 0 Å². The van der Waals surface area contributed by atoms with Crippen molar-refractivity contribution in [3.05, 3.63) is 29.3 Å². The lowest BCUT2D eigenvalue weighted by atomic mass is 10.1. The van der Waals surface area contributed by atoms with Crippen LogP contribution in [0.1, 0.15) is 18.7 Å². The topological polar surface area (TPSA) is 26.3 Å². The van der Waals surface area contributed by atoms with Gasteiger partial charge in [-0.1, -0.05) is 12.1 Å². The third-order valence-electron chi connectivity index (χ3n) is 1.73. The van der Waals surface area contributed by atoms with Gasteiger partial charge in [-0.15, -0.1) is 0 Å². The number of carbonyl (C=O) groups excluding carboxylic acids is 1. The van der Waals surface area contributed by atoms with E-state index >= 15 is 0 Å². The molecule has 11 heavy (non-hydrogen) atoms. The van der Waals surface area contributed by atoms with Crippen LogP contribution in [-0.2, 0) is 6.42 Å². The lowest BCUT2D eigenvalue weighted by Gasteiger charge is -1.98. The van der Waals surface area contributed by atoms with Crippen LogP contribution in [0, 0.1) is 0 Å². The molecule has 0 radical (unpaired) electrons. The van der Waals surface area contributed by atoms with Gasteiger partial charge in [-0.2, -0.15) is 0 Å². The molecule has 1 aromatic carbocycles. The molecule has 0 aromatic heterocycles. The number of aldehydes is 1. The van der Waals surface area contributed by atoms with Crippen molar-refractivity contribution < 1.29 is 12.3 Å². The quantitative estimate of drug-likeness (QED) is 0.566. The molecule has 0 amide bonds. The molecule has 56 valence electrons. The van der Waals surface area contributed by atoms with Crippen LogP contribution in [0.4, 0.5) is 0 Å². The predicted octanol–water partition coefficient (Wildman–Crippen LogP) is 1.43. The van der Waals surface area contributed by atoms with E-state index in [1.807, 2.05) is 0 Å². The highest BCUT2D eigenvalue weighted by molar-refractivity contribution is 5.79. The van der Waals surface area contributed by atoms with Crippen molar-refractivity contribution in [2.45, 2.75) is 6.42 Å². The van der Waals surface area contributed by atoms with Gasteiger partial charge in [0.25, 0.3) is 0 Å². The zero-order valence-corrected chi connectivity index (χ0v) is 5.83. The van der Waals surface area contributed by atoms with Crippen LogP contribution < -0.4 is 4.74 Å². The fourth-order valence-corrected chi connectivity index (χ4v) is 1.16. The van der Waals surface area contributed by atoms with Crippen molar-refractivity contribution in [1.82, 2.24) is 0 Å². The number of carbonyl (C=O) groups is 1. The number of fused-ring (bicyclic) bond motifs is 1. The molecule has 0 spiro atoms. The Labute approximate surface area is 67.6 Å². The van der Waals surface area contributed by atoms with Crippen LogP contribution in [0.2, 0.25) is 0 Å². The molecule has 0 saturated heterocycles. The maximum atomic E-state index is 10.6. The van der Waals surface area contributed by atoms with Crippen LogP contribution in [0.15, 0.2) is 18.2 Å². The maximum Gasteiger partial charge on any atom is 0.150 e. The van der Waals surface area contributed by atoms with E-state index in [0.29, 0.717) is 16.9 Å². The van der Waals surface area contributed by atoms with Crippen molar-refractivity contribution >= 4 is 6.29 Å². The molecule has 0 unspecified atom stereocenters. The Morgan fingerprint density at radius 2 is 2.55 bits per heavy atom. The van der Waals surface area contributed by atoms with Crippen LogP contribution in [0.25, 0.3) is 0 Å². The van der Waals surface area contributed by atoms with Crippen molar-refractivity contribution in [3.63, 3.8) is 0 Å². The number of benzene rings is 1. The molecule has 0 atom stereocenters. The number of hydrogen-bond donors (Lipinski definition) is 0. The number of hydrogen-bond acceptors (Lipinski definition) is 2. The van der Waals surface area contributed by atoms with E-state index in [1.165, 1.54) is 0 Å². The molecule has 1 heterocycles. The first-order valence-corrected chi connectivity index (χ1v) is 3.38. The van der Waals surface area contributed by atoms with E-state index in [-0.39, 0.29) is 6.42 Å². The fourth-order valence-electron chi connectivity index (χ4n) is 1.16. The largest absolute Gasteiger partial charge is 0.493 e. The number of rotatable bonds is 1. The standard InChI is InChI=1S/C9H8O2/c10-6-7-2-1-3-9-8(7)4-5-11-9/h1-3,6H,4-5H2/i5D2. The summed E-state index contributed by atoms with van der Waals surface area (Å²) < 4.78 is 19.8. The summed E-state index contributed by atoms with van der Waals surface area (Å²) in [5.41, 5.74) is 1.18. The average molecular weight is 150 g/mol. The minimum absolute atomic E-state index is 0.150. The SMILES string of the molecule is [2H]C1([2H])Cc2c(C=O)cccc2O1. The Morgan fingerprint density at radius 1 is 1.64 bits per heavy atom.